The van der Waals surface area contributed by atoms with E-state index in [1.54, 1.807) is 30.0 Å². The number of fused-ring (bicyclic) bond motifs is 1. The average Bonchev–Trinajstić information content (AvgIpc) is 2.89. The summed E-state index contributed by atoms with van der Waals surface area (Å²) in [7, 11) is 3.07. The number of hydrogen-bond donors (Lipinski definition) is 0. The lowest BCUT2D eigenvalue weighted by atomic mass is 10.1. The predicted molar refractivity (Wildman–Crippen MR) is 81.7 cm³/mol. The van der Waals surface area contributed by atoms with Crippen molar-refractivity contribution in [3.63, 3.8) is 0 Å². The minimum Gasteiger partial charge on any atom is -0.497 e. The summed E-state index contributed by atoms with van der Waals surface area (Å²) in [6.45, 7) is 2.34. The molecule has 0 fully saturated rings. The highest BCUT2D eigenvalue weighted by Crippen LogP contribution is 2.34. The number of nitrogens with zero attached hydrogens (tertiary/aromatic N) is 1. The molecule has 0 amide bonds. The van der Waals surface area contributed by atoms with Crippen molar-refractivity contribution in [1.82, 2.24) is 4.57 Å². The molecule has 0 spiro atoms. The monoisotopic (exact) mass is 305 g/mol. The molecular formula is C16H19NO5. The van der Waals surface area contributed by atoms with E-state index in [0.29, 0.717) is 34.6 Å². The second-order valence-electron chi connectivity index (χ2n) is 4.77. The van der Waals surface area contributed by atoms with E-state index < -0.39 is 0 Å². The van der Waals surface area contributed by atoms with Gasteiger partial charge in [-0.2, -0.15) is 0 Å². The molecule has 0 unspecified atom stereocenters. The number of ether oxygens (including phenoxy) is 3. The zero-order valence-corrected chi connectivity index (χ0v) is 12.9. The highest BCUT2D eigenvalue weighted by Gasteiger charge is 2.17. The minimum absolute atomic E-state index is 0.0284. The maximum absolute atomic E-state index is 11.8. The van der Waals surface area contributed by atoms with E-state index in [0.717, 1.165) is 12.7 Å². The summed E-state index contributed by atoms with van der Waals surface area (Å²) in [4.78, 5) is 23.1. The molecule has 0 aliphatic carbocycles. The number of methoxy groups -OCH3 is 2. The summed E-state index contributed by atoms with van der Waals surface area (Å²) >= 11 is 0. The van der Waals surface area contributed by atoms with Gasteiger partial charge < -0.3 is 18.8 Å². The van der Waals surface area contributed by atoms with Crippen molar-refractivity contribution in [2.24, 2.45) is 0 Å². The maximum atomic E-state index is 11.8. The Morgan fingerprint density at radius 1 is 1.27 bits per heavy atom. The van der Waals surface area contributed by atoms with Gasteiger partial charge in [0.2, 0.25) is 0 Å². The Morgan fingerprint density at radius 3 is 2.64 bits per heavy atom. The third-order valence-corrected chi connectivity index (χ3v) is 3.30. The molecule has 0 radical (unpaired) electrons. The van der Waals surface area contributed by atoms with E-state index in [1.165, 1.54) is 7.11 Å². The molecule has 0 aliphatic rings. The number of carbonyl (C=O) groups is 2. The lowest BCUT2D eigenvalue weighted by Crippen LogP contribution is -2.13. The number of aldehydes is 1. The Balaban J connectivity index is 2.50. The third-order valence-electron chi connectivity index (χ3n) is 3.30. The average molecular weight is 305 g/mol. The van der Waals surface area contributed by atoms with Crippen molar-refractivity contribution in [2.75, 3.05) is 20.8 Å². The molecule has 1 aromatic heterocycles. The summed E-state index contributed by atoms with van der Waals surface area (Å²) in [5, 5.41) is 0.654. The van der Waals surface area contributed by atoms with Gasteiger partial charge in [0, 0.05) is 23.9 Å². The van der Waals surface area contributed by atoms with Crippen LogP contribution in [0.15, 0.2) is 18.3 Å². The van der Waals surface area contributed by atoms with E-state index in [-0.39, 0.29) is 12.5 Å². The zero-order valence-electron chi connectivity index (χ0n) is 12.9. The fourth-order valence-corrected chi connectivity index (χ4v) is 2.29. The Bertz CT molecular complexity index is 689. The number of hydrogen-bond acceptors (Lipinski definition) is 5. The normalized spacial score (nSPS) is 10.5. The molecule has 2 aromatic rings. The highest BCUT2D eigenvalue weighted by atomic mass is 16.5. The molecule has 0 N–H and O–H groups in total. The first kappa shape index (κ1) is 15.9. The first-order chi connectivity index (χ1) is 10.6. The Labute approximate surface area is 128 Å². The molecule has 0 atom stereocenters. The SMILES string of the molecule is CCCOC(=O)Cn1cc(C=O)c2c(OC)cc(OC)cc21. The first-order valence-corrected chi connectivity index (χ1v) is 7.00. The van der Waals surface area contributed by atoms with E-state index >= 15 is 0 Å². The summed E-state index contributed by atoms with van der Waals surface area (Å²) in [5.74, 6) is 0.762. The molecule has 1 aromatic carbocycles. The quantitative estimate of drug-likeness (QED) is 0.580. The number of rotatable bonds is 7. The molecular weight excluding hydrogens is 286 g/mol. The largest absolute Gasteiger partial charge is 0.497 e. The van der Waals surface area contributed by atoms with Crippen molar-refractivity contribution in [3.05, 3.63) is 23.9 Å². The Kier molecular flexibility index (Phi) is 5.04. The fraction of sp³-hybridized carbons (Fsp3) is 0.375. The smallest absolute Gasteiger partial charge is 0.325 e. The summed E-state index contributed by atoms with van der Waals surface area (Å²) in [5.41, 5.74) is 1.14. The standard InChI is InChI=1S/C16H19NO5/c1-4-5-22-15(19)9-17-8-11(10-18)16-13(17)6-12(20-2)7-14(16)21-3/h6-8,10H,4-5,9H2,1-3H3. The van der Waals surface area contributed by atoms with Crippen molar-refractivity contribution < 1.29 is 23.8 Å². The maximum Gasteiger partial charge on any atom is 0.325 e. The molecule has 0 saturated carbocycles. The van der Waals surface area contributed by atoms with Crippen LogP contribution in [-0.4, -0.2) is 37.6 Å². The molecule has 0 bridgehead atoms. The van der Waals surface area contributed by atoms with Gasteiger partial charge in [0.15, 0.2) is 6.29 Å². The predicted octanol–water partition coefficient (Wildman–Crippen LogP) is 2.42. The fourth-order valence-electron chi connectivity index (χ4n) is 2.29. The lowest BCUT2D eigenvalue weighted by Gasteiger charge is -2.09. The Morgan fingerprint density at radius 2 is 2.05 bits per heavy atom. The van der Waals surface area contributed by atoms with Crippen LogP contribution in [-0.2, 0) is 16.1 Å². The van der Waals surface area contributed by atoms with Gasteiger partial charge in [-0.1, -0.05) is 6.92 Å². The molecule has 0 saturated heterocycles. The van der Waals surface area contributed by atoms with E-state index in [9.17, 15) is 9.59 Å². The van der Waals surface area contributed by atoms with Gasteiger partial charge in [-0.05, 0) is 6.42 Å². The molecule has 22 heavy (non-hydrogen) atoms. The zero-order chi connectivity index (χ0) is 16.1. The Hall–Kier alpha value is -2.50. The number of benzene rings is 1. The second kappa shape index (κ2) is 6.98. The molecule has 2 rings (SSSR count). The van der Waals surface area contributed by atoms with Crippen LogP contribution in [0.3, 0.4) is 0 Å². The number of esters is 1. The molecule has 1 heterocycles. The molecule has 6 heteroatoms. The second-order valence-corrected chi connectivity index (χ2v) is 4.77. The van der Waals surface area contributed by atoms with Crippen LogP contribution in [0, 0.1) is 0 Å². The van der Waals surface area contributed by atoms with Crippen molar-refractivity contribution in [3.8, 4) is 11.5 Å². The number of aromatic nitrogens is 1. The van der Waals surface area contributed by atoms with Gasteiger partial charge in [-0.15, -0.1) is 0 Å². The molecule has 6 nitrogen and oxygen atoms in total. The van der Waals surface area contributed by atoms with Gasteiger partial charge in [0.1, 0.15) is 18.0 Å². The van der Waals surface area contributed by atoms with E-state index in [4.69, 9.17) is 14.2 Å². The summed E-state index contributed by atoms with van der Waals surface area (Å²) < 4.78 is 17.3. The van der Waals surface area contributed by atoms with Gasteiger partial charge in [0.05, 0.1) is 31.7 Å². The number of carbonyl (C=O) groups excluding carboxylic acids is 2. The van der Waals surface area contributed by atoms with E-state index in [1.807, 2.05) is 6.92 Å². The van der Waals surface area contributed by atoms with E-state index in [2.05, 4.69) is 0 Å². The van der Waals surface area contributed by atoms with Crippen molar-refractivity contribution in [1.29, 1.82) is 0 Å². The van der Waals surface area contributed by atoms with Gasteiger partial charge in [0.25, 0.3) is 0 Å². The van der Waals surface area contributed by atoms with Crippen molar-refractivity contribution >= 4 is 23.2 Å². The topological polar surface area (TPSA) is 66.8 Å². The molecule has 0 aliphatic heterocycles. The van der Waals surface area contributed by atoms with Crippen LogP contribution in [0.5, 0.6) is 11.5 Å². The highest BCUT2D eigenvalue weighted by molar-refractivity contribution is 6.02. The summed E-state index contributed by atoms with van der Waals surface area (Å²) in [6, 6.07) is 3.47. The van der Waals surface area contributed by atoms with Crippen LogP contribution in [0.1, 0.15) is 23.7 Å². The first-order valence-electron chi connectivity index (χ1n) is 7.00. The third kappa shape index (κ3) is 3.05. The molecule has 118 valence electrons. The van der Waals surface area contributed by atoms with Crippen molar-refractivity contribution in [2.45, 2.75) is 19.9 Å². The minimum atomic E-state index is -0.349. The summed E-state index contributed by atoms with van der Waals surface area (Å²) in [6.07, 6.45) is 3.12. The lowest BCUT2D eigenvalue weighted by molar-refractivity contribution is -0.144. The van der Waals surface area contributed by atoms with Gasteiger partial charge >= 0.3 is 5.97 Å². The van der Waals surface area contributed by atoms with Crippen LogP contribution in [0.25, 0.3) is 10.9 Å². The van der Waals surface area contributed by atoms with Crippen LogP contribution >= 0.6 is 0 Å². The van der Waals surface area contributed by atoms with Gasteiger partial charge in [-0.25, -0.2) is 0 Å². The van der Waals surface area contributed by atoms with Gasteiger partial charge in [-0.3, -0.25) is 9.59 Å². The van der Waals surface area contributed by atoms with Crippen LogP contribution < -0.4 is 9.47 Å². The van der Waals surface area contributed by atoms with Crippen LogP contribution in [0.4, 0.5) is 0 Å². The van der Waals surface area contributed by atoms with Crippen LogP contribution in [0.2, 0.25) is 0 Å².